The molecule has 2 aromatic rings. The van der Waals surface area contributed by atoms with Crippen LogP contribution in [0.15, 0.2) is 47.8 Å². The van der Waals surface area contributed by atoms with Gasteiger partial charge in [0.15, 0.2) is 5.82 Å². The molecule has 1 aliphatic rings. The van der Waals surface area contributed by atoms with Gasteiger partial charge in [-0.2, -0.15) is 0 Å². The predicted molar refractivity (Wildman–Crippen MR) is 117 cm³/mol. The van der Waals surface area contributed by atoms with Crippen molar-refractivity contribution in [3.8, 4) is 5.88 Å². The Balaban J connectivity index is 1.62. The minimum Gasteiger partial charge on any atom is -0.470 e. The van der Waals surface area contributed by atoms with Gasteiger partial charge in [-0.3, -0.25) is 5.01 Å². The summed E-state index contributed by atoms with van der Waals surface area (Å²) in [5.41, 5.74) is 7.34. The van der Waals surface area contributed by atoms with E-state index in [0.717, 1.165) is 25.3 Å². The summed E-state index contributed by atoms with van der Waals surface area (Å²) in [4.78, 5) is 4.41. The SMILES string of the molecule is C/C(N)=C(\COc1ccc(N2CCC(N(C)C)C2)nn1)N(N)c1ccc(C(F)F)cc1. The van der Waals surface area contributed by atoms with Crippen molar-refractivity contribution in [3.05, 3.63) is 53.4 Å². The molecule has 1 aromatic carbocycles. The summed E-state index contributed by atoms with van der Waals surface area (Å²) < 4.78 is 31.3. The fourth-order valence-corrected chi connectivity index (χ4v) is 3.38. The number of hydrogen-bond donors (Lipinski definition) is 2. The van der Waals surface area contributed by atoms with E-state index >= 15 is 0 Å². The van der Waals surface area contributed by atoms with E-state index in [2.05, 4.69) is 34.1 Å². The highest BCUT2D eigenvalue weighted by molar-refractivity contribution is 5.52. The number of allylic oxidation sites excluding steroid dienone is 1. The molecule has 10 heteroatoms. The lowest BCUT2D eigenvalue weighted by Crippen LogP contribution is -2.35. The van der Waals surface area contributed by atoms with E-state index in [1.807, 2.05) is 6.07 Å². The van der Waals surface area contributed by atoms with Crippen molar-refractivity contribution in [2.24, 2.45) is 11.6 Å². The molecule has 0 aliphatic carbocycles. The first-order chi connectivity index (χ1) is 14.8. The first kappa shape index (κ1) is 22.7. The average molecular weight is 434 g/mol. The van der Waals surface area contributed by atoms with Gasteiger partial charge in [-0.25, -0.2) is 14.6 Å². The molecule has 0 amide bonds. The molecule has 1 atom stereocenters. The number of hydrazine groups is 1. The van der Waals surface area contributed by atoms with E-state index in [1.54, 1.807) is 13.0 Å². The molecule has 168 valence electrons. The minimum atomic E-state index is -2.54. The summed E-state index contributed by atoms with van der Waals surface area (Å²) >= 11 is 0. The zero-order valence-electron chi connectivity index (χ0n) is 18.0. The van der Waals surface area contributed by atoms with Gasteiger partial charge in [0.2, 0.25) is 5.88 Å². The molecule has 0 bridgehead atoms. The third-order valence-electron chi connectivity index (χ3n) is 5.37. The minimum absolute atomic E-state index is 0.0515. The quantitative estimate of drug-likeness (QED) is 0.484. The molecule has 31 heavy (non-hydrogen) atoms. The third kappa shape index (κ3) is 5.59. The molecule has 1 unspecified atom stereocenters. The fourth-order valence-electron chi connectivity index (χ4n) is 3.38. The van der Waals surface area contributed by atoms with Gasteiger partial charge in [-0.1, -0.05) is 12.1 Å². The van der Waals surface area contributed by atoms with E-state index < -0.39 is 6.43 Å². The van der Waals surface area contributed by atoms with Crippen LogP contribution in [-0.2, 0) is 0 Å². The highest BCUT2D eigenvalue weighted by atomic mass is 19.3. The zero-order valence-corrected chi connectivity index (χ0v) is 18.0. The normalized spacial score (nSPS) is 17.3. The van der Waals surface area contributed by atoms with Gasteiger partial charge in [-0.15, -0.1) is 10.2 Å². The summed E-state index contributed by atoms with van der Waals surface area (Å²) in [7, 11) is 4.16. The van der Waals surface area contributed by atoms with Crippen molar-refractivity contribution in [2.45, 2.75) is 25.8 Å². The molecule has 2 heterocycles. The number of anilines is 2. The van der Waals surface area contributed by atoms with Gasteiger partial charge < -0.3 is 20.3 Å². The molecule has 3 rings (SSSR count). The number of hydrogen-bond acceptors (Lipinski definition) is 8. The van der Waals surface area contributed by atoms with E-state index in [0.29, 0.717) is 29.0 Å². The van der Waals surface area contributed by atoms with Crippen molar-refractivity contribution in [1.82, 2.24) is 15.1 Å². The first-order valence-electron chi connectivity index (χ1n) is 10.0. The Morgan fingerprint density at radius 3 is 2.42 bits per heavy atom. The number of likely N-dealkylation sites (N-methyl/N-ethyl adjacent to an activating group) is 1. The van der Waals surface area contributed by atoms with Crippen LogP contribution in [0.25, 0.3) is 0 Å². The summed E-state index contributed by atoms with van der Waals surface area (Å²) in [6, 6.07) is 9.81. The number of aromatic nitrogens is 2. The van der Waals surface area contributed by atoms with Crippen molar-refractivity contribution in [3.63, 3.8) is 0 Å². The van der Waals surface area contributed by atoms with Crippen LogP contribution in [0.3, 0.4) is 0 Å². The standard InChI is InChI=1S/C21H29F2N7O/c1-14(24)18(30(25)16-6-4-15(5-7-16)21(22)23)13-31-20-9-8-19(26-27-20)29-11-10-17(12-29)28(2)3/h4-9,17,21H,10-13,24-25H2,1-3H3/b18-14-. The number of halogens is 2. The Bertz CT molecular complexity index is 884. The molecule has 4 N–H and O–H groups in total. The molecule has 1 aliphatic heterocycles. The van der Waals surface area contributed by atoms with Crippen LogP contribution >= 0.6 is 0 Å². The molecule has 0 saturated carbocycles. The summed E-state index contributed by atoms with van der Waals surface area (Å²) in [6.07, 6.45) is -1.45. The zero-order chi connectivity index (χ0) is 22.5. The van der Waals surface area contributed by atoms with Gasteiger partial charge in [0.05, 0.1) is 11.4 Å². The van der Waals surface area contributed by atoms with E-state index in [9.17, 15) is 8.78 Å². The molecule has 0 radical (unpaired) electrons. The van der Waals surface area contributed by atoms with Gasteiger partial charge in [-0.05, 0) is 45.6 Å². The van der Waals surface area contributed by atoms with E-state index in [1.165, 1.54) is 29.3 Å². The summed E-state index contributed by atoms with van der Waals surface area (Å²) in [5, 5.41) is 9.75. The van der Waals surface area contributed by atoms with Crippen molar-refractivity contribution in [1.29, 1.82) is 0 Å². The number of rotatable bonds is 8. The van der Waals surface area contributed by atoms with Gasteiger partial charge in [0.25, 0.3) is 6.43 Å². The lowest BCUT2D eigenvalue weighted by atomic mass is 10.2. The largest absolute Gasteiger partial charge is 0.470 e. The molecule has 8 nitrogen and oxygen atoms in total. The monoisotopic (exact) mass is 433 g/mol. The lowest BCUT2D eigenvalue weighted by molar-refractivity contribution is 0.151. The Hall–Kier alpha value is -2.98. The Morgan fingerprint density at radius 2 is 1.90 bits per heavy atom. The highest BCUT2D eigenvalue weighted by Crippen LogP contribution is 2.24. The fraction of sp³-hybridized carbons (Fsp3) is 0.429. The molecule has 0 spiro atoms. The number of nitrogens with two attached hydrogens (primary N) is 2. The average Bonchev–Trinajstić information content (AvgIpc) is 3.25. The molecule has 1 aromatic heterocycles. The van der Waals surface area contributed by atoms with Gasteiger partial charge in [0, 0.05) is 36.5 Å². The van der Waals surface area contributed by atoms with Crippen LogP contribution in [0.5, 0.6) is 5.88 Å². The summed E-state index contributed by atoms with van der Waals surface area (Å²) in [6.45, 7) is 3.59. The van der Waals surface area contributed by atoms with E-state index in [-0.39, 0.29) is 12.2 Å². The van der Waals surface area contributed by atoms with Crippen LogP contribution in [0.2, 0.25) is 0 Å². The smallest absolute Gasteiger partial charge is 0.263 e. The Morgan fingerprint density at radius 1 is 1.19 bits per heavy atom. The second kappa shape index (κ2) is 9.88. The predicted octanol–water partition coefficient (Wildman–Crippen LogP) is 2.50. The highest BCUT2D eigenvalue weighted by Gasteiger charge is 2.25. The van der Waals surface area contributed by atoms with Crippen LogP contribution < -0.4 is 26.2 Å². The maximum Gasteiger partial charge on any atom is 0.263 e. The maximum atomic E-state index is 12.8. The van der Waals surface area contributed by atoms with Gasteiger partial charge >= 0.3 is 0 Å². The number of nitrogens with zero attached hydrogens (tertiary/aromatic N) is 5. The number of ether oxygens (including phenoxy) is 1. The van der Waals surface area contributed by atoms with Crippen molar-refractivity contribution < 1.29 is 13.5 Å². The van der Waals surface area contributed by atoms with Crippen molar-refractivity contribution in [2.75, 3.05) is 43.7 Å². The molecule has 1 fully saturated rings. The Labute approximate surface area is 181 Å². The first-order valence-corrected chi connectivity index (χ1v) is 10.0. The van der Waals surface area contributed by atoms with Crippen LogP contribution in [0.4, 0.5) is 20.3 Å². The van der Waals surface area contributed by atoms with Gasteiger partial charge in [0.1, 0.15) is 6.61 Å². The second-order valence-corrected chi connectivity index (χ2v) is 7.76. The van der Waals surface area contributed by atoms with E-state index in [4.69, 9.17) is 16.3 Å². The maximum absolute atomic E-state index is 12.8. The van der Waals surface area contributed by atoms with Crippen LogP contribution in [0, 0.1) is 0 Å². The van der Waals surface area contributed by atoms with Crippen LogP contribution in [-0.4, -0.2) is 54.9 Å². The third-order valence-corrected chi connectivity index (χ3v) is 5.37. The number of benzene rings is 1. The molecular formula is C21H29F2N7O. The Kier molecular flexibility index (Phi) is 7.24. The lowest BCUT2D eigenvalue weighted by Gasteiger charge is -2.24. The second-order valence-electron chi connectivity index (χ2n) is 7.76. The molecule has 1 saturated heterocycles. The summed E-state index contributed by atoms with van der Waals surface area (Å²) in [5.74, 6) is 7.30. The van der Waals surface area contributed by atoms with Crippen LogP contribution in [0.1, 0.15) is 25.3 Å². The molecular weight excluding hydrogens is 404 g/mol. The topological polar surface area (TPSA) is 96.8 Å². The van der Waals surface area contributed by atoms with Crippen molar-refractivity contribution >= 4 is 11.5 Å². The number of alkyl halides is 2.